The van der Waals surface area contributed by atoms with Gasteiger partial charge in [0.25, 0.3) is 0 Å². The van der Waals surface area contributed by atoms with Gasteiger partial charge in [0.05, 0.1) is 5.69 Å². The Labute approximate surface area is 158 Å². The van der Waals surface area contributed by atoms with E-state index in [1.54, 1.807) is 18.2 Å². The number of ether oxygens (including phenoxy) is 1. The van der Waals surface area contributed by atoms with Crippen LogP contribution in [0, 0.1) is 0 Å². The maximum absolute atomic E-state index is 12.8. The second-order valence-corrected chi connectivity index (χ2v) is 7.78. The van der Waals surface area contributed by atoms with E-state index >= 15 is 0 Å². The van der Waals surface area contributed by atoms with E-state index in [0.717, 1.165) is 5.56 Å². The van der Waals surface area contributed by atoms with Gasteiger partial charge < -0.3 is 9.46 Å². The van der Waals surface area contributed by atoms with Crippen LogP contribution in [-0.2, 0) is 16.4 Å². The largest absolute Gasteiger partial charge is 0.461 e. The fourth-order valence-corrected chi connectivity index (χ4v) is 3.55. The van der Waals surface area contributed by atoms with Gasteiger partial charge >= 0.3 is 12.5 Å². The van der Waals surface area contributed by atoms with Crippen molar-refractivity contribution in [1.29, 1.82) is 0 Å². The molecular formula is C16H16F4N2O3S2. The van der Waals surface area contributed by atoms with E-state index < -0.39 is 22.6 Å². The average Bonchev–Trinajstić information content (AvgIpc) is 2.59. The van der Waals surface area contributed by atoms with Crippen molar-refractivity contribution in [3.05, 3.63) is 54.1 Å². The van der Waals surface area contributed by atoms with Gasteiger partial charge in [-0.3, -0.25) is 0 Å². The summed E-state index contributed by atoms with van der Waals surface area (Å²) in [7, 11) is -3.85. The molecule has 0 bridgehead atoms. The van der Waals surface area contributed by atoms with Gasteiger partial charge in [0.15, 0.2) is 0 Å². The number of primary sulfonamides is 1. The van der Waals surface area contributed by atoms with Crippen LogP contribution in [0.5, 0.6) is 5.75 Å². The monoisotopic (exact) mass is 424 g/mol. The number of hydrogen-bond acceptors (Lipinski definition) is 5. The van der Waals surface area contributed by atoms with Crippen molar-refractivity contribution in [2.75, 3.05) is 10.5 Å². The molecule has 148 valence electrons. The molecule has 0 fully saturated rings. The van der Waals surface area contributed by atoms with Crippen LogP contribution < -0.4 is 14.6 Å². The van der Waals surface area contributed by atoms with E-state index in [4.69, 9.17) is 5.14 Å². The Hall–Kier alpha value is -1.98. The summed E-state index contributed by atoms with van der Waals surface area (Å²) in [5.41, 5.74) is 1.11. The Morgan fingerprint density at radius 3 is 2.33 bits per heavy atom. The molecule has 0 saturated carbocycles. The zero-order valence-corrected chi connectivity index (χ0v) is 15.4. The SMILES string of the molecule is NS(=O)(=O)c1ccccc1NSCCc1ccc(OC(F)(F)C(F)F)cc1. The molecule has 0 saturated heterocycles. The third-order valence-electron chi connectivity index (χ3n) is 3.30. The van der Waals surface area contributed by atoms with Gasteiger partial charge in [-0.25, -0.2) is 13.6 Å². The summed E-state index contributed by atoms with van der Waals surface area (Å²) in [6.07, 6.45) is -7.95. The predicted octanol–water partition coefficient (Wildman–Crippen LogP) is 3.87. The zero-order valence-electron chi connectivity index (χ0n) is 13.7. The topological polar surface area (TPSA) is 81.4 Å². The summed E-state index contributed by atoms with van der Waals surface area (Å²) >= 11 is 1.23. The van der Waals surface area contributed by atoms with Crippen molar-refractivity contribution in [3.8, 4) is 5.75 Å². The number of para-hydroxylation sites is 1. The summed E-state index contributed by atoms with van der Waals surface area (Å²) in [6, 6.07) is 11.5. The van der Waals surface area contributed by atoms with Gasteiger partial charge in [0.1, 0.15) is 10.6 Å². The Balaban J connectivity index is 1.87. The van der Waals surface area contributed by atoms with Crippen LogP contribution in [0.1, 0.15) is 5.56 Å². The van der Waals surface area contributed by atoms with Crippen molar-refractivity contribution < 1.29 is 30.7 Å². The number of benzene rings is 2. The average molecular weight is 424 g/mol. The van der Waals surface area contributed by atoms with Gasteiger partial charge in [-0.2, -0.15) is 17.6 Å². The summed E-state index contributed by atoms with van der Waals surface area (Å²) < 4.78 is 79.7. The third-order valence-corrected chi connectivity index (χ3v) is 5.04. The quantitative estimate of drug-likeness (QED) is 0.363. The number of nitrogens with two attached hydrogens (primary N) is 1. The molecule has 2 aromatic carbocycles. The van der Waals surface area contributed by atoms with E-state index in [1.807, 2.05) is 0 Å². The second kappa shape index (κ2) is 8.81. The first-order valence-electron chi connectivity index (χ1n) is 7.53. The van der Waals surface area contributed by atoms with E-state index in [1.165, 1.54) is 42.3 Å². The Bertz CT molecular complexity index is 862. The van der Waals surface area contributed by atoms with Gasteiger partial charge in [-0.1, -0.05) is 36.2 Å². The van der Waals surface area contributed by atoms with Crippen LogP contribution in [0.25, 0.3) is 0 Å². The van der Waals surface area contributed by atoms with Crippen LogP contribution in [0.15, 0.2) is 53.4 Å². The lowest BCUT2D eigenvalue weighted by molar-refractivity contribution is -0.253. The number of hydrogen-bond donors (Lipinski definition) is 2. The Morgan fingerprint density at radius 2 is 1.74 bits per heavy atom. The fourth-order valence-electron chi connectivity index (χ4n) is 2.02. The standard InChI is InChI=1S/C16H16F4N2O3S2/c17-15(18)16(19,20)25-12-7-5-11(6-8-12)9-10-26-22-13-3-1-2-4-14(13)27(21,23)24/h1-8,15,22H,9-10H2,(H2,21,23,24). The molecule has 0 aliphatic rings. The molecule has 0 radical (unpaired) electrons. The van der Waals surface area contributed by atoms with Crippen molar-refractivity contribution in [1.82, 2.24) is 0 Å². The molecule has 0 aromatic heterocycles. The zero-order chi connectivity index (χ0) is 20.1. The third kappa shape index (κ3) is 6.29. The molecule has 0 spiro atoms. The molecule has 2 aromatic rings. The van der Waals surface area contributed by atoms with Crippen molar-refractivity contribution in [2.45, 2.75) is 23.9 Å². The van der Waals surface area contributed by atoms with Gasteiger partial charge in [-0.05, 0) is 36.2 Å². The minimum atomic E-state index is -4.54. The van der Waals surface area contributed by atoms with Gasteiger partial charge in [-0.15, -0.1) is 0 Å². The lowest BCUT2D eigenvalue weighted by Gasteiger charge is -2.16. The van der Waals surface area contributed by atoms with Crippen LogP contribution in [0.2, 0.25) is 0 Å². The highest BCUT2D eigenvalue weighted by atomic mass is 32.2. The highest BCUT2D eigenvalue weighted by molar-refractivity contribution is 8.00. The molecule has 0 heterocycles. The maximum atomic E-state index is 12.8. The number of nitrogens with one attached hydrogen (secondary N) is 1. The minimum absolute atomic E-state index is 0.0287. The van der Waals surface area contributed by atoms with E-state index in [2.05, 4.69) is 9.46 Å². The number of anilines is 1. The first-order valence-corrected chi connectivity index (χ1v) is 10.1. The van der Waals surface area contributed by atoms with Crippen LogP contribution in [-0.4, -0.2) is 26.7 Å². The Morgan fingerprint density at radius 1 is 1.11 bits per heavy atom. The molecular weight excluding hydrogens is 408 g/mol. The first kappa shape index (κ1) is 21.3. The molecule has 0 aliphatic heterocycles. The molecule has 2 rings (SSSR count). The van der Waals surface area contributed by atoms with Crippen LogP contribution in [0.4, 0.5) is 23.2 Å². The summed E-state index contributed by atoms with van der Waals surface area (Å²) in [4.78, 5) is -0.0287. The maximum Gasteiger partial charge on any atom is 0.461 e. The predicted molar refractivity (Wildman–Crippen MR) is 95.6 cm³/mol. The highest BCUT2D eigenvalue weighted by Crippen LogP contribution is 2.28. The molecule has 27 heavy (non-hydrogen) atoms. The van der Waals surface area contributed by atoms with Crippen LogP contribution >= 0.6 is 11.9 Å². The van der Waals surface area contributed by atoms with Gasteiger partial charge in [0.2, 0.25) is 10.0 Å². The van der Waals surface area contributed by atoms with Crippen LogP contribution in [0.3, 0.4) is 0 Å². The molecule has 0 aliphatic carbocycles. The minimum Gasteiger partial charge on any atom is -0.428 e. The lowest BCUT2D eigenvalue weighted by Crippen LogP contribution is -2.33. The highest BCUT2D eigenvalue weighted by Gasteiger charge is 2.43. The number of sulfonamides is 1. The molecule has 0 atom stereocenters. The van der Waals surface area contributed by atoms with Crippen molar-refractivity contribution >= 4 is 27.7 Å². The van der Waals surface area contributed by atoms with Crippen molar-refractivity contribution in [2.24, 2.45) is 5.14 Å². The number of alkyl halides is 4. The number of halogens is 4. The molecule has 0 amide bonds. The first-order chi connectivity index (χ1) is 12.6. The lowest BCUT2D eigenvalue weighted by atomic mass is 10.2. The molecule has 3 N–H and O–H groups in total. The fraction of sp³-hybridized carbons (Fsp3) is 0.250. The second-order valence-electron chi connectivity index (χ2n) is 5.35. The van der Waals surface area contributed by atoms with Gasteiger partial charge in [0, 0.05) is 5.75 Å². The van der Waals surface area contributed by atoms with E-state index in [9.17, 15) is 26.0 Å². The van der Waals surface area contributed by atoms with E-state index in [0.29, 0.717) is 17.9 Å². The summed E-state index contributed by atoms with van der Waals surface area (Å²) in [5.74, 6) is 0.156. The Kier molecular flexibility index (Phi) is 6.95. The smallest absolute Gasteiger partial charge is 0.428 e. The molecule has 0 unspecified atom stereocenters. The normalized spacial score (nSPS) is 12.2. The number of aryl methyl sites for hydroxylation is 1. The van der Waals surface area contributed by atoms with E-state index in [-0.39, 0.29) is 10.6 Å². The molecule has 11 heteroatoms. The molecule has 5 nitrogen and oxygen atoms in total. The number of rotatable bonds is 9. The summed E-state index contributed by atoms with van der Waals surface area (Å²) in [6.45, 7) is 0. The van der Waals surface area contributed by atoms with Crippen molar-refractivity contribution in [3.63, 3.8) is 0 Å². The summed E-state index contributed by atoms with van der Waals surface area (Å²) in [5, 5.41) is 5.14.